The summed E-state index contributed by atoms with van der Waals surface area (Å²) in [7, 11) is 0. The van der Waals surface area contributed by atoms with Crippen LogP contribution in [0.5, 0.6) is 0 Å². The number of pyridine rings is 1. The van der Waals surface area contributed by atoms with Crippen molar-refractivity contribution in [2.24, 2.45) is 0 Å². The van der Waals surface area contributed by atoms with Crippen molar-refractivity contribution >= 4 is 17.3 Å². The van der Waals surface area contributed by atoms with Crippen LogP contribution in [0.3, 0.4) is 0 Å². The number of nitrogens with zero attached hydrogens (tertiary/aromatic N) is 2. The average Bonchev–Trinajstić information content (AvgIpc) is 3.13. The molecule has 0 bridgehead atoms. The Morgan fingerprint density at radius 1 is 0.967 bits per heavy atom. The molecule has 0 fully saturated rings. The Labute approximate surface area is 176 Å². The monoisotopic (exact) mass is 399 g/mol. The molecule has 152 valence electrons. The van der Waals surface area contributed by atoms with E-state index in [4.69, 9.17) is 9.72 Å². The summed E-state index contributed by atoms with van der Waals surface area (Å²) in [6.45, 7) is 5.74. The molecule has 0 saturated heterocycles. The second-order valence-electron chi connectivity index (χ2n) is 7.57. The highest BCUT2D eigenvalue weighted by atomic mass is 16.5. The predicted octanol–water partition coefficient (Wildman–Crippen LogP) is 5.41. The van der Waals surface area contributed by atoms with Gasteiger partial charge >= 0.3 is 5.97 Å². The highest BCUT2D eigenvalue weighted by Crippen LogP contribution is 2.32. The number of ether oxygens (including phenoxy) is 1. The van der Waals surface area contributed by atoms with E-state index in [1.165, 1.54) is 0 Å². The molecule has 5 nitrogen and oxygen atoms in total. The molecular weight excluding hydrogens is 374 g/mol. The highest BCUT2D eigenvalue weighted by molar-refractivity contribution is 5.84. The van der Waals surface area contributed by atoms with Gasteiger partial charge in [0, 0.05) is 17.4 Å². The van der Waals surface area contributed by atoms with E-state index in [1.54, 1.807) is 0 Å². The third-order valence-corrected chi connectivity index (χ3v) is 4.84. The third-order valence-electron chi connectivity index (χ3n) is 4.84. The molecular formula is C25H25N3O2. The molecule has 2 aromatic heterocycles. The zero-order valence-corrected chi connectivity index (χ0v) is 17.4. The lowest BCUT2D eigenvalue weighted by Crippen LogP contribution is -2.27. The first-order chi connectivity index (χ1) is 14.5. The van der Waals surface area contributed by atoms with Gasteiger partial charge in [-0.05, 0) is 45.0 Å². The number of aromatic nitrogens is 2. The summed E-state index contributed by atoms with van der Waals surface area (Å²) in [4.78, 5) is 18.1. The number of anilines is 1. The summed E-state index contributed by atoms with van der Waals surface area (Å²) in [5, 5.41) is 3.38. The highest BCUT2D eigenvalue weighted by Gasteiger charge is 2.30. The minimum absolute atomic E-state index is 0.223. The van der Waals surface area contributed by atoms with Crippen LogP contribution in [0.15, 0.2) is 79.0 Å². The maximum absolute atomic E-state index is 13.2. The van der Waals surface area contributed by atoms with Crippen molar-refractivity contribution < 1.29 is 9.53 Å². The Morgan fingerprint density at radius 3 is 2.37 bits per heavy atom. The molecule has 2 heterocycles. The van der Waals surface area contributed by atoms with E-state index in [-0.39, 0.29) is 12.1 Å². The van der Waals surface area contributed by atoms with E-state index in [2.05, 4.69) is 5.32 Å². The second-order valence-corrected chi connectivity index (χ2v) is 7.57. The number of carbonyl (C=O) groups excluding carboxylic acids is 1. The summed E-state index contributed by atoms with van der Waals surface area (Å²) in [5.41, 5.74) is 5.23. The van der Waals surface area contributed by atoms with Crippen LogP contribution in [0.25, 0.3) is 16.9 Å². The maximum atomic E-state index is 13.2. The minimum Gasteiger partial charge on any atom is -0.461 e. The van der Waals surface area contributed by atoms with Crippen molar-refractivity contribution in [2.45, 2.75) is 32.9 Å². The molecule has 0 radical (unpaired) electrons. The van der Waals surface area contributed by atoms with Gasteiger partial charge in [0.25, 0.3) is 0 Å². The van der Waals surface area contributed by atoms with E-state index in [0.717, 1.165) is 33.8 Å². The van der Waals surface area contributed by atoms with Gasteiger partial charge in [-0.3, -0.25) is 0 Å². The summed E-state index contributed by atoms with van der Waals surface area (Å²) < 4.78 is 7.58. The lowest BCUT2D eigenvalue weighted by molar-refractivity contribution is -0.148. The lowest BCUT2D eigenvalue weighted by Gasteiger charge is -2.21. The van der Waals surface area contributed by atoms with Crippen LogP contribution in [0.2, 0.25) is 0 Å². The molecule has 4 aromatic rings. The maximum Gasteiger partial charge on any atom is 0.335 e. The van der Waals surface area contributed by atoms with Gasteiger partial charge in [-0.2, -0.15) is 0 Å². The number of hydrogen-bond acceptors (Lipinski definition) is 4. The van der Waals surface area contributed by atoms with Crippen molar-refractivity contribution in [3.05, 3.63) is 90.3 Å². The van der Waals surface area contributed by atoms with Crippen molar-refractivity contribution in [3.63, 3.8) is 0 Å². The van der Waals surface area contributed by atoms with Gasteiger partial charge < -0.3 is 14.5 Å². The van der Waals surface area contributed by atoms with Crippen molar-refractivity contribution in [1.29, 1.82) is 0 Å². The molecule has 0 aliphatic carbocycles. The van der Waals surface area contributed by atoms with Gasteiger partial charge in [-0.25, -0.2) is 9.78 Å². The fourth-order valence-corrected chi connectivity index (χ4v) is 3.45. The van der Waals surface area contributed by atoms with Crippen molar-refractivity contribution in [1.82, 2.24) is 9.38 Å². The van der Waals surface area contributed by atoms with E-state index >= 15 is 0 Å². The van der Waals surface area contributed by atoms with E-state index in [1.807, 2.05) is 104 Å². The zero-order valence-electron chi connectivity index (χ0n) is 17.4. The quantitative estimate of drug-likeness (QED) is 0.440. The number of imidazole rings is 1. The number of fused-ring (bicyclic) bond motifs is 1. The Hall–Kier alpha value is -3.60. The van der Waals surface area contributed by atoms with Gasteiger partial charge in [0.1, 0.15) is 5.65 Å². The van der Waals surface area contributed by atoms with Gasteiger partial charge in [0.15, 0.2) is 6.04 Å². The average molecular weight is 399 g/mol. The number of carbonyl (C=O) groups is 1. The zero-order chi connectivity index (χ0) is 21.1. The molecule has 1 atom stereocenters. The van der Waals surface area contributed by atoms with Crippen LogP contribution >= 0.6 is 0 Å². The van der Waals surface area contributed by atoms with Crippen molar-refractivity contribution in [3.8, 4) is 11.3 Å². The van der Waals surface area contributed by atoms with Gasteiger partial charge in [0.2, 0.25) is 0 Å². The number of rotatable bonds is 6. The number of nitrogens with one attached hydrogen (secondary N) is 1. The summed E-state index contributed by atoms with van der Waals surface area (Å²) in [6, 6.07) is 23.0. The molecule has 4 rings (SSSR count). The van der Waals surface area contributed by atoms with E-state index < -0.39 is 6.04 Å². The van der Waals surface area contributed by atoms with Crippen LogP contribution in [-0.4, -0.2) is 21.5 Å². The molecule has 0 spiro atoms. The molecule has 2 aromatic carbocycles. The summed E-state index contributed by atoms with van der Waals surface area (Å²) >= 11 is 0. The van der Waals surface area contributed by atoms with Gasteiger partial charge in [-0.1, -0.05) is 54.1 Å². The fourth-order valence-electron chi connectivity index (χ4n) is 3.45. The SMILES string of the molecule is Cc1ccc(NC(C(=O)OC(C)C)c2c(-c3ccccc3)nc3ccccn23)cc1. The lowest BCUT2D eigenvalue weighted by atomic mass is 10.0. The van der Waals surface area contributed by atoms with Crippen LogP contribution in [0, 0.1) is 6.92 Å². The Kier molecular flexibility index (Phi) is 5.53. The first-order valence-electron chi connectivity index (χ1n) is 10.1. The first kappa shape index (κ1) is 19.7. The Balaban J connectivity index is 1.88. The number of benzene rings is 2. The molecule has 0 aliphatic rings. The predicted molar refractivity (Wildman–Crippen MR) is 119 cm³/mol. The summed E-state index contributed by atoms with van der Waals surface area (Å²) in [5.74, 6) is -0.339. The number of hydrogen-bond donors (Lipinski definition) is 1. The third kappa shape index (κ3) is 4.06. The normalized spacial score (nSPS) is 12.1. The second kappa shape index (κ2) is 8.41. The smallest absolute Gasteiger partial charge is 0.335 e. The van der Waals surface area contributed by atoms with Crippen LogP contribution in [0.1, 0.15) is 31.1 Å². The molecule has 1 unspecified atom stereocenters. The minimum atomic E-state index is -0.720. The number of aryl methyl sites for hydroxylation is 1. The molecule has 0 amide bonds. The van der Waals surface area contributed by atoms with Gasteiger partial charge in [-0.15, -0.1) is 0 Å². The van der Waals surface area contributed by atoms with Gasteiger partial charge in [0.05, 0.1) is 17.5 Å². The van der Waals surface area contributed by atoms with Crippen LogP contribution in [-0.2, 0) is 9.53 Å². The topological polar surface area (TPSA) is 55.6 Å². The Morgan fingerprint density at radius 2 is 1.67 bits per heavy atom. The van der Waals surface area contributed by atoms with E-state index in [0.29, 0.717) is 0 Å². The molecule has 0 aliphatic heterocycles. The fraction of sp³-hybridized carbons (Fsp3) is 0.200. The van der Waals surface area contributed by atoms with Crippen LogP contribution < -0.4 is 5.32 Å². The largest absolute Gasteiger partial charge is 0.461 e. The first-order valence-corrected chi connectivity index (χ1v) is 10.1. The molecule has 30 heavy (non-hydrogen) atoms. The molecule has 5 heteroatoms. The summed E-state index contributed by atoms with van der Waals surface area (Å²) in [6.07, 6.45) is 1.70. The number of esters is 1. The molecule has 1 N–H and O–H groups in total. The van der Waals surface area contributed by atoms with Crippen LogP contribution in [0.4, 0.5) is 5.69 Å². The van der Waals surface area contributed by atoms with Crippen molar-refractivity contribution in [2.75, 3.05) is 5.32 Å². The standard InChI is InChI=1S/C25H25N3O2/c1-17(2)30-25(29)23(26-20-14-12-18(3)13-15-20)24-22(19-9-5-4-6-10-19)27-21-11-7-8-16-28(21)24/h4-17,23,26H,1-3H3. The molecule has 0 saturated carbocycles. The Bertz CT molecular complexity index is 1150. The van der Waals surface area contributed by atoms with E-state index in [9.17, 15) is 4.79 Å².